The monoisotopic (exact) mass is 284 g/mol. The van der Waals surface area contributed by atoms with E-state index < -0.39 is 10.8 Å². The van der Waals surface area contributed by atoms with Gasteiger partial charge in [0.2, 0.25) is 0 Å². The summed E-state index contributed by atoms with van der Waals surface area (Å²) in [5.41, 5.74) is 0.708. The van der Waals surface area contributed by atoms with Gasteiger partial charge in [-0.1, -0.05) is 11.6 Å². The Kier molecular flexibility index (Phi) is 3.73. The average Bonchev–Trinajstić information content (AvgIpc) is 2.58. The summed E-state index contributed by atoms with van der Waals surface area (Å²) < 4.78 is 11.9. The smallest absolute Gasteiger partial charge is 0.269 e. The third kappa shape index (κ3) is 2.57. The van der Waals surface area contributed by atoms with E-state index in [1.54, 1.807) is 49.5 Å². The maximum atomic E-state index is 12.1. The third-order valence-corrected chi connectivity index (χ3v) is 3.98. The first-order chi connectivity index (χ1) is 8.49. The van der Waals surface area contributed by atoms with Crippen LogP contribution < -0.4 is 4.90 Å². The van der Waals surface area contributed by atoms with Crippen molar-refractivity contribution >= 4 is 34.0 Å². The highest BCUT2D eigenvalue weighted by Gasteiger charge is 2.33. The van der Waals surface area contributed by atoms with Crippen LogP contribution >= 0.6 is 11.6 Å². The van der Waals surface area contributed by atoms with Gasteiger partial charge in [0.15, 0.2) is 0 Å². The van der Waals surface area contributed by atoms with E-state index in [1.807, 2.05) is 0 Å². The van der Waals surface area contributed by atoms with Crippen molar-refractivity contribution in [2.24, 2.45) is 0 Å². The average molecular weight is 285 g/mol. The number of amides is 1. The molecular formula is C12H13ClN2O2S. The Bertz CT molecular complexity index is 525. The number of hydrogen-bond acceptors (Lipinski definition) is 3. The normalized spacial score (nSPS) is 21.7. The fourth-order valence-electron chi connectivity index (χ4n) is 1.64. The zero-order chi connectivity index (χ0) is 13.3. The van der Waals surface area contributed by atoms with Crippen LogP contribution in [0.5, 0.6) is 0 Å². The molecule has 1 amide bonds. The van der Waals surface area contributed by atoms with Crippen LogP contribution in [0.4, 0.5) is 5.69 Å². The summed E-state index contributed by atoms with van der Waals surface area (Å²) >= 11 is 5.80. The first kappa shape index (κ1) is 13.1. The first-order valence-corrected chi connectivity index (χ1v) is 7.03. The van der Waals surface area contributed by atoms with Gasteiger partial charge in [0.25, 0.3) is 5.91 Å². The van der Waals surface area contributed by atoms with Crippen molar-refractivity contribution in [3.8, 4) is 0 Å². The van der Waals surface area contributed by atoms with Gasteiger partial charge in [-0.05, 0) is 24.3 Å². The first-order valence-electron chi connectivity index (χ1n) is 5.33. The molecule has 0 saturated carbocycles. The molecule has 1 saturated heterocycles. The minimum absolute atomic E-state index is 0.195. The molecule has 1 aromatic rings. The second-order valence-electron chi connectivity index (χ2n) is 4.14. The van der Waals surface area contributed by atoms with E-state index in [-0.39, 0.29) is 11.8 Å². The summed E-state index contributed by atoms with van der Waals surface area (Å²) in [6.07, 6.45) is 1.61. The largest absolute Gasteiger partial charge is 0.382 e. The molecule has 1 aliphatic rings. The Morgan fingerprint density at radius 3 is 2.50 bits per heavy atom. The molecule has 2 rings (SSSR count). The van der Waals surface area contributed by atoms with E-state index >= 15 is 0 Å². The van der Waals surface area contributed by atoms with E-state index in [4.69, 9.17) is 11.6 Å². The summed E-state index contributed by atoms with van der Waals surface area (Å²) in [6, 6.07) is 6.91. The lowest BCUT2D eigenvalue weighted by molar-refractivity contribution is -0.114. The molecule has 18 heavy (non-hydrogen) atoms. The van der Waals surface area contributed by atoms with Gasteiger partial charge in [-0.2, -0.15) is 0 Å². The van der Waals surface area contributed by atoms with Crippen LogP contribution in [0.2, 0.25) is 5.02 Å². The lowest BCUT2D eigenvalue weighted by Crippen LogP contribution is -2.24. The van der Waals surface area contributed by atoms with Crippen LogP contribution in [0.25, 0.3) is 0 Å². The summed E-state index contributed by atoms with van der Waals surface area (Å²) in [6.45, 7) is 0. The highest BCUT2D eigenvalue weighted by Crippen LogP contribution is 2.26. The van der Waals surface area contributed by atoms with Crippen LogP contribution in [0, 0.1) is 0 Å². The summed E-state index contributed by atoms with van der Waals surface area (Å²) in [5.74, 6) is -0.0236. The zero-order valence-corrected chi connectivity index (χ0v) is 11.7. The fourth-order valence-corrected chi connectivity index (χ4v) is 3.04. The molecule has 0 aromatic heterocycles. The Morgan fingerprint density at radius 1 is 1.33 bits per heavy atom. The Hall–Kier alpha value is -1.33. The van der Waals surface area contributed by atoms with E-state index in [0.29, 0.717) is 15.6 Å². The van der Waals surface area contributed by atoms with Crippen molar-refractivity contribution in [3.63, 3.8) is 0 Å². The molecule has 6 heteroatoms. The van der Waals surface area contributed by atoms with Crippen LogP contribution in [-0.2, 0) is 15.6 Å². The molecule has 1 atom stereocenters. The maximum Gasteiger partial charge on any atom is 0.269 e. The van der Waals surface area contributed by atoms with Gasteiger partial charge >= 0.3 is 0 Å². The molecule has 4 nitrogen and oxygen atoms in total. The summed E-state index contributed by atoms with van der Waals surface area (Å²) in [7, 11) is 2.30. The van der Waals surface area contributed by atoms with Gasteiger partial charge in [-0.25, -0.2) is 0 Å². The van der Waals surface area contributed by atoms with Crippen molar-refractivity contribution in [2.75, 3.05) is 24.9 Å². The molecule has 1 aliphatic heterocycles. The predicted octanol–water partition coefficient (Wildman–Crippen LogP) is 1.80. The highest BCUT2D eigenvalue weighted by molar-refractivity contribution is 7.90. The second-order valence-corrected chi connectivity index (χ2v) is 5.97. The number of carbonyl (C=O) groups is 1. The molecule has 0 spiro atoms. The van der Waals surface area contributed by atoms with Crippen LogP contribution in [0.3, 0.4) is 0 Å². The summed E-state index contributed by atoms with van der Waals surface area (Å²) in [5, 5.41) is 0.607. The molecule has 0 bridgehead atoms. The van der Waals surface area contributed by atoms with E-state index in [0.717, 1.165) is 0 Å². The lowest BCUT2D eigenvalue weighted by atomic mass is 10.3. The van der Waals surface area contributed by atoms with Gasteiger partial charge in [0.05, 0.1) is 10.8 Å². The minimum atomic E-state index is -1.28. The molecule has 0 aliphatic carbocycles. The SMILES string of the molecule is CN(C)/C=C1\C(=O)N(c2ccc(Cl)cc2)CS1=O. The summed E-state index contributed by atoms with van der Waals surface area (Å²) in [4.78, 5) is 15.7. The number of hydrogen-bond donors (Lipinski definition) is 0. The molecule has 0 radical (unpaired) electrons. The van der Waals surface area contributed by atoms with Crippen molar-refractivity contribution in [3.05, 3.63) is 40.4 Å². The van der Waals surface area contributed by atoms with Gasteiger partial charge in [0.1, 0.15) is 10.8 Å². The molecule has 1 aromatic carbocycles. The Balaban J connectivity index is 2.31. The molecule has 1 unspecified atom stereocenters. The number of halogens is 1. The molecule has 1 heterocycles. The van der Waals surface area contributed by atoms with Crippen molar-refractivity contribution in [1.82, 2.24) is 4.90 Å². The van der Waals surface area contributed by atoms with Crippen molar-refractivity contribution in [1.29, 1.82) is 0 Å². The van der Waals surface area contributed by atoms with E-state index in [9.17, 15) is 9.00 Å². The second kappa shape index (κ2) is 5.12. The highest BCUT2D eigenvalue weighted by atomic mass is 35.5. The fraction of sp³-hybridized carbons (Fsp3) is 0.250. The Labute approximate surface area is 113 Å². The van der Waals surface area contributed by atoms with Gasteiger partial charge in [0, 0.05) is 31.0 Å². The van der Waals surface area contributed by atoms with Gasteiger partial charge in [-0.15, -0.1) is 0 Å². The van der Waals surface area contributed by atoms with Gasteiger partial charge in [-0.3, -0.25) is 13.9 Å². The van der Waals surface area contributed by atoms with Gasteiger partial charge < -0.3 is 4.90 Å². The van der Waals surface area contributed by atoms with E-state index in [2.05, 4.69) is 0 Å². The molecule has 1 fully saturated rings. The lowest BCUT2D eigenvalue weighted by Gasteiger charge is -2.13. The predicted molar refractivity (Wildman–Crippen MR) is 73.7 cm³/mol. The van der Waals surface area contributed by atoms with Crippen LogP contribution in [-0.4, -0.2) is 35.0 Å². The standard InChI is InChI=1S/C12H13ClN2O2S/c1-14(2)7-11-12(16)15(8-18(11)17)10-5-3-9(13)4-6-10/h3-7H,8H2,1-2H3/b11-7+. The quantitative estimate of drug-likeness (QED) is 0.778. The maximum absolute atomic E-state index is 12.1. The minimum Gasteiger partial charge on any atom is -0.382 e. The van der Waals surface area contributed by atoms with Crippen molar-refractivity contribution < 1.29 is 9.00 Å². The molecule has 0 N–H and O–H groups in total. The number of anilines is 1. The van der Waals surface area contributed by atoms with Crippen LogP contribution in [0.15, 0.2) is 35.4 Å². The number of carbonyl (C=O) groups excluding carboxylic acids is 1. The topological polar surface area (TPSA) is 40.6 Å². The number of benzene rings is 1. The van der Waals surface area contributed by atoms with Crippen molar-refractivity contribution in [2.45, 2.75) is 0 Å². The Morgan fingerprint density at radius 2 is 1.94 bits per heavy atom. The number of rotatable bonds is 2. The molecule has 96 valence electrons. The zero-order valence-electron chi connectivity index (χ0n) is 10.1. The van der Waals surface area contributed by atoms with Crippen LogP contribution in [0.1, 0.15) is 0 Å². The number of nitrogens with zero attached hydrogens (tertiary/aromatic N) is 2. The molecular weight excluding hydrogens is 272 g/mol. The third-order valence-electron chi connectivity index (χ3n) is 2.46. The van der Waals surface area contributed by atoms with E-state index in [1.165, 1.54) is 4.90 Å².